The van der Waals surface area contributed by atoms with Crippen molar-refractivity contribution in [2.45, 2.75) is 51.0 Å². The number of carbonyl (C=O) groups is 2. The van der Waals surface area contributed by atoms with E-state index >= 15 is 0 Å². The maximum atomic E-state index is 12.3. The minimum absolute atomic E-state index is 0.00577. The molecule has 1 unspecified atom stereocenters. The topological polar surface area (TPSA) is 70.9 Å². The van der Waals surface area contributed by atoms with Gasteiger partial charge < -0.3 is 5.32 Å². The summed E-state index contributed by atoms with van der Waals surface area (Å²) >= 11 is 0. The largest absolute Gasteiger partial charge is 0.326 e. The molecule has 0 aromatic heterocycles. The lowest BCUT2D eigenvalue weighted by atomic mass is 9.84. The van der Waals surface area contributed by atoms with E-state index in [1.54, 1.807) is 0 Å². The molecule has 4 rings (SSSR count). The number of aryl methyl sites for hydroxylation is 1. The van der Waals surface area contributed by atoms with Crippen LogP contribution in [0.1, 0.15) is 43.2 Å². The van der Waals surface area contributed by atoms with E-state index in [9.17, 15) is 9.59 Å². The third kappa shape index (κ3) is 4.86. The second-order valence-corrected chi connectivity index (χ2v) is 7.69. The lowest BCUT2D eigenvalue weighted by Gasteiger charge is -2.25. The molecule has 1 N–H and O–H groups in total. The molecule has 1 heterocycles. The maximum Gasteiger partial charge on any atom is 0.291 e. The Hall–Kier alpha value is -3.08. The Bertz CT molecular complexity index is 963. The van der Waals surface area contributed by atoms with Gasteiger partial charge >= 0.3 is 0 Å². The summed E-state index contributed by atoms with van der Waals surface area (Å²) in [7, 11) is 0. The van der Waals surface area contributed by atoms with E-state index in [2.05, 4.69) is 15.5 Å². The van der Waals surface area contributed by atoms with Crippen molar-refractivity contribution in [2.24, 2.45) is 10.2 Å². The zero-order valence-electron chi connectivity index (χ0n) is 16.4. The quantitative estimate of drug-likeness (QED) is 0.755. The number of anilines is 1. The minimum atomic E-state index is -0.157. The van der Waals surface area contributed by atoms with Crippen molar-refractivity contribution in [2.75, 3.05) is 5.32 Å². The van der Waals surface area contributed by atoms with Crippen molar-refractivity contribution < 1.29 is 9.59 Å². The number of amides is 2. The number of carbonyl (C=O) groups excluding carboxylic acids is 2. The molecule has 0 radical (unpaired) electrons. The fourth-order valence-electron chi connectivity index (χ4n) is 4.08. The lowest BCUT2D eigenvalue weighted by Crippen LogP contribution is -2.23. The van der Waals surface area contributed by atoms with Crippen molar-refractivity contribution >= 4 is 17.5 Å². The van der Waals surface area contributed by atoms with Crippen LogP contribution in [0.3, 0.4) is 0 Å². The smallest absolute Gasteiger partial charge is 0.291 e. The molecule has 29 heavy (non-hydrogen) atoms. The monoisotopic (exact) mass is 387 g/mol. The van der Waals surface area contributed by atoms with Crippen molar-refractivity contribution in [3.63, 3.8) is 0 Å². The molecule has 0 fully saturated rings. The molecule has 0 saturated heterocycles. The highest BCUT2D eigenvalue weighted by molar-refractivity contribution is 5.95. The van der Waals surface area contributed by atoms with Crippen LogP contribution < -0.4 is 5.32 Å². The Kier molecular flexibility index (Phi) is 5.94. The number of nitrogens with one attached hydrogen (secondary N) is 1. The summed E-state index contributed by atoms with van der Waals surface area (Å²) in [6.45, 7) is 0. The maximum absolute atomic E-state index is 12.3. The average Bonchev–Trinajstić information content (AvgIpc) is 2.75. The van der Waals surface area contributed by atoms with Gasteiger partial charge in [0.15, 0.2) is 0 Å². The van der Waals surface area contributed by atoms with Crippen LogP contribution in [0.4, 0.5) is 5.69 Å². The van der Waals surface area contributed by atoms with E-state index in [4.69, 9.17) is 0 Å². The summed E-state index contributed by atoms with van der Waals surface area (Å²) in [6, 6.07) is 17.8. The highest BCUT2D eigenvalue weighted by Crippen LogP contribution is 2.33. The van der Waals surface area contributed by atoms with Gasteiger partial charge in [-0.15, -0.1) is 5.11 Å². The molecule has 148 valence electrons. The predicted octanol–water partition coefficient (Wildman–Crippen LogP) is 5.03. The van der Waals surface area contributed by atoms with Gasteiger partial charge in [-0.25, -0.2) is 0 Å². The van der Waals surface area contributed by atoms with Crippen molar-refractivity contribution in [3.8, 4) is 0 Å². The molecule has 0 spiro atoms. The Morgan fingerprint density at radius 3 is 2.66 bits per heavy atom. The van der Waals surface area contributed by atoms with E-state index in [1.165, 1.54) is 0 Å². The van der Waals surface area contributed by atoms with Crippen LogP contribution in [0.15, 0.2) is 76.0 Å². The van der Waals surface area contributed by atoms with Crippen LogP contribution in [0.5, 0.6) is 0 Å². The Morgan fingerprint density at radius 1 is 1.00 bits per heavy atom. The van der Waals surface area contributed by atoms with Gasteiger partial charge in [0.25, 0.3) is 5.91 Å². The fraction of sp³-hybridized carbons (Fsp3) is 0.333. The Balaban J connectivity index is 1.38. The normalized spacial score (nSPS) is 18.5. The fourth-order valence-corrected chi connectivity index (χ4v) is 4.08. The van der Waals surface area contributed by atoms with E-state index < -0.39 is 0 Å². The molecular weight excluding hydrogens is 362 g/mol. The molecule has 2 aromatic rings. The SMILES string of the molecule is O=C(CCc1ccccc1)Nc1cccc(CC2N=NC(=O)C3=C2CCCC3)c1. The summed E-state index contributed by atoms with van der Waals surface area (Å²) in [5.41, 5.74) is 5.07. The third-order valence-corrected chi connectivity index (χ3v) is 5.58. The molecular formula is C24H25N3O2. The summed E-state index contributed by atoms with van der Waals surface area (Å²) in [5, 5.41) is 11.1. The Morgan fingerprint density at radius 2 is 1.79 bits per heavy atom. The second-order valence-electron chi connectivity index (χ2n) is 7.69. The minimum Gasteiger partial charge on any atom is -0.326 e. The molecule has 5 nitrogen and oxygen atoms in total. The van der Waals surface area contributed by atoms with Gasteiger partial charge in [-0.3, -0.25) is 9.59 Å². The molecule has 0 bridgehead atoms. The standard InChI is InChI=1S/C24H25N3O2/c28-23(14-13-17-7-2-1-3-8-17)25-19-10-6-9-18(15-19)16-22-20-11-4-5-12-21(20)24(29)27-26-22/h1-3,6-10,15,22H,4-5,11-14,16H2,(H,25,28). The number of hydrogen-bond acceptors (Lipinski definition) is 3. The molecule has 2 aromatic carbocycles. The number of azo groups is 1. The molecule has 2 aliphatic rings. The highest BCUT2D eigenvalue weighted by atomic mass is 16.2. The van der Waals surface area contributed by atoms with Crippen molar-refractivity contribution in [1.82, 2.24) is 0 Å². The van der Waals surface area contributed by atoms with E-state index in [0.717, 1.165) is 60.1 Å². The zero-order chi connectivity index (χ0) is 20.1. The van der Waals surface area contributed by atoms with E-state index in [1.807, 2.05) is 54.6 Å². The molecule has 1 aliphatic carbocycles. The molecule has 0 saturated carbocycles. The molecule has 2 amide bonds. The summed E-state index contributed by atoms with van der Waals surface area (Å²) < 4.78 is 0. The van der Waals surface area contributed by atoms with E-state index in [0.29, 0.717) is 12.8 Å². The molecule has 1 atom stereocenters. The highest BCUT2D eigenvalue weighted by Gasteiger charge is 2.28. The predicted molar refractivity (Wildman–Crippen MR) is 113 cm³/mol. The summed E-state index contributed by atoms with van der Waals surface area (Å²) in [5.74, 6) is -0.151. The first-order valence-electron chi connectivity index (χ1n) is 10.3. The van der Waals surface area contributed by atoms with Crippen LogP contribution >= 0.6 is 0 Å². The van der Waals surface area contributed by atoms with Gasteiger partial charge in [-0.05, 0) is 60.9 Å². The van der Waals surface area contributed by atoms with Gasteiger partial charge in [0.05, 0.1) is 6.04 Å². The van der Waals surface area contributed by atoms with Crippen LogP contribution in [-0.4, -0.2) is 17.9 Å². The zero-order valence-corrected chi connectivity index (χ0v) is 16.4. The number of hydrogen-bond donors (Lipinski definition) is 1. The number of nitrogens with zero attached hydrogens (tertiary/aromatic N) is 2. The van der Waals surface area contributed by atoms with Crippen LogP contribution in [0, 0.1) is 0 Å². The van der Waals surface area contributed by atoms with Crippen molar-refractivity contribution in [1.29, 1.82) is 0 Å². The Labute approximate surface area is 170 Å². The number of benzene rings is 2. The third-order valence-electron chi connectivity index (χ3n) is 5.58. The van der Waals surface area contributed by atoms with Crippen LogP contribution in [0.2, 0.25) is 0 Å². The first-order chi connectivity index (χ1) is 14.2. The van der Waals surface area contributed by atoms with Crippen LogP contribution in [-0.2, 0) is 22.4 Å². The van der Waals surface area contributed by atoms with Gasteiger partial charge in [0.1, 0.15) is 0 Å². The summed E-state index contributed by atoms with van der Waals surface area (Å²) in [6.07, 6.45) is 5.78. The second kappa shape index (κ2) is 8.95. The van der Waals surface area contributed by atoms with Gasteiger partial charge in [-0.1, -0.05) is 42.5 Å². The van der Waals surface area contributed by atoms with Gasteiger partial charge in [0, 0.05) is 24.1 Å². The first kappa shape index (κ1) is 19.2. The average molecular weight is 387 g/mol. The molecule has 5 heteroatoms. The number of rotatable bonds is 6. The summed E-state index contributed by atoms with van der Waals surface area (Å²) in [4.78, 5) is 24.3. The lowest BCUT2D eigenvalue weighted by molar-refractivity contribution is -0.116. The van der Waals surface area contributed by atoms with E-state index in [-0.39, 0.29) is 17.9 Å². The van der Waals surface area contributed by atoms with Crippen molar-refractivity contribution in [3.05, 3.63) is 76.9 Å². The van der Waals surface area contributed by atoms with Gasteiger partial charge in [0.2, 0.25) is 5.91 Å². The first-order valence-corrected chi connectivity index (χ1v) is 10.3. The van der Waals surface area contributed by atoms with Gasteiger partial charge in [-0.2, -0.15) is 5.11 Å². The van der Waals surface area contributed by atoms with Crippen LogP contribution in [0.25, 0.3) is 0 Å². The molecule has 1 aliphatic heterocycles.